The summed E-state index contributed by atoms with van der Waals surface area (Å²) in [7, 11) is 1.75. The molecule has 0 saturated carbocycles. The molecule has 0 fully saturated rings. The highest BCUT2D eigenvalue weighted by Crippen LogP contribution is 2.14. The Labute approximate surface area is 97.7 Å². The predicted molar refractivity (Wildman–Crippen MR) is 65.9 cm³/mol. The third kappa shape index (κ3) is 1.71. The molecule has 0 aliphatic rings. The Kier molecular flexibility index (Phi) is 2.96. The molecule has 2 rings (SSSR count). The standard InChI is InChI=1S/C11H13N3OS/c1-4-7-5-8-6-12-11(16-3)13-9(8)14(2)10(7)15/h5-6H,4H2,1-3H3. The zero-order valence-electron chi connectivity index (χ0n) is 9.52. The van der Waals surface area contributed by atoms with E-state index in [-0.39, 0.29) is 5.56 Å². The highest BCUT2D eigenvalue weighted by atomic mass is 32.2. The van der Waals surface area contributed by atoms with E-state index in [1.165, 1.54) is 11.8 Å². The van der Waals surface area contributed by atoms with Gasteiger partial charge in [-0.1, -0.05) is 18.7 Å². The third-order valence-corrected chi connectivity index (χ3v) is 3.13. The van der Waals surface area contributed by atoms with Crippen molar-refractivity contribution in [2.45, 2.75) is 18.5 Å². The average molecular weight is 235 g/mol. The molecule has 0 spiro atoms. The quantitative estimate of drug-likeness (QED) is 0.586. The molecule has 2 aromatic heterocycles. The fraction of sp³-hybridized carbons (Fsp3) is 0.364. The molecule has 84 valence electrons. The van der Waals surface area contributed by atoms with Crippen molar-refractivity contribution in [3.05, 3.63) is 28.2 Å². The van der Waals surface area contributed by atoms with Crippen LogP contribution in [-0.4, -0.2) is 20.8 Å². The van der Waals surface area contributed by atoms with Crippen molar-refractivity contribution in [2.75, 3.05) is 6.26 Å². The maximum atomic E-state index is 11.9. The first-order chi connectivity index (χ1) is 7.67. The highest BCUT2D eigenvalue weighted by Gasteiger charge is 2.07. The summed E-state index contributed by atoms with van der Waals surface area (Å²) in [5, 5.41) is 1.60. The molecule has 0 atom stereocenters. The van der Waals surface area contributed by atoms with Crippen LogP contribution in [0.1, 0.15) is 12.5 Å². The fourth-order valence-corrected chi connectivity index (χ4v) is 1.99. The van der Waals surface area contributed by atoms with Gasteiger partial charge in [0.25, 0.3) is 5.56 Å². The number of nitrogens with zero attached hydrogens (tertiary/aromatic N) is 3. The number of fused-ring (bicyclic) bond motifs is 1. The molecule has 0 aromatic carbocycles. The van der Waals surface area contributed by atoms with Gasteiger partial charge in [0, 0.05) is 24.2 Å². The topological polar surface area (TPSA) is 47.8 Å². The Morgan fingerprint density at radius 1 is 1.50 bits per heavy atom. The Morgan fingerprint density at radius 3 is 2.88 bits per heavy atom. The summed E-state index contributed by atoms with van der Waals surface area (Å²) in [6.45, 7) is 1.97. The van der Waals surface area contributed by atoms with Crippen molar-refractivity contribution in [1.29, 1.82) is 0 Å². The van der Waals surface area contributed by atoms with E-state index in [2.05, 4.69) is 9.97 Å². The lowest BCUT2D eigenvalue weighted by Crippen LogP contribution is -2.21. The van der Waals surface area contributed by atoms with Crippen molar-refractivity contribution >= 4 is 22.8 Å². The van der Waals surface area contributed by atoms with Crippen molar-refractivity contribution in [3.63, 3.8) is 0 Å². The SMILES string of the molecule is CCc1cc2cnc(SC)nc2n(C)c1=O. The summed E-state index contributed by atoms with van der Waals surface area (Å²) in [6, 6.07) is 1.88. The third-order valence-electron chi connectivity index (χ3n) is 2.56. The van der Waals surface area contributed by atoms with Crippen LogP contribution >= 0.6 is 11.8 Å². The van der Waals surface area contributed by atoms with Gasteiger partial charge in [-0.05, 0) is 18.7 Å². The van der Waals surface area contributed by atoms with Gasteiger partial charge in [-0.15, -0.1) is 0 Å². The van der Waals surface area contributed by atoms with E-state index in [1.54, 1.807) is 17.8 Å². The van der Waals surface area contributed by atoms with Gasteiger partial charge in [0.1, 0.15) is 5.65 Å². The number of aromatic nitrogens is 3. The summed E-state index contributed by atoms with van der Waals surface area (Å²) in [6.07, 6.45) is 4.42. The van der Waals surface area contributed by atoms with Crippen LogP contribution in [0, 0.1) is 0 Å². The summed E-state index contributed by atoms with van der Waals surface area (Å²) in [5.41, 5.74) is 1.53. The zero-order valence-corrected chi connectivity index (χ0v) is 10.3. The molecule has 0 amide bonds. The smallest absolute Gasteiger partial charge is 0.255 e. The van der Waals surface area contributed by atoms with Crippen LogP contribution in [0.25, 0.3) is 11.0 Å². The Bertz CT molecular complexity index is 592. The van der Waals surface area contributed by atoms with Gasteiger partial charge >= 0.3 is 0 Å². The first-order valence-electron chi connectivity index (χ1n) is 5.07. The van der Waals surface area contributed by atoms with Crippen LogP contribution < -0.4 is 5.56 Å². The van der Waals surface area contributed by atoms with Gasteiger partial charge in [-0.2, -0.15) is 0 Å². The van der Waals surface area contributed by atoms with Crippen molar-refractivity contribution in [1.82, 2.24) is 14.5 Å². The van der Waals surface area contributed by atoms with E-state index in [9.17, 15) is 4.79 Å². The minimum absolute atomic E-state index is 0.0285. The average Bonchev–Trinajstić information content (AvgIpc) is 2.33. The molecule has 0 aliphatic heterocycles. The number of aryl methyl sites for hydroxylation is 2. The first-order valence-corrected chi connectivity index (χ1v) is 6.29. The van der Waals surface area contributed by atoms with Gasteiger partial charge in [0.05, 0.1) is 0 Å². The monoisotopic (exact) mass is 235 g/mol. The lowest BCUT2D eigenvalue weighted by atomic mass is 10.2. The van der Waals surface area contributed by atoms with Crippen LogP contribution in [0.15, 0.2) is 22.2 Å². The van der Waals surface area contributed by atoms with Crippen LogP contribution in [0.5, 0.6) is 0 Å². The van der Waals surface area contributed by atoms with E-state index in [0.29, 0.717) is 10.8 Å². The molecule has 0 bridgehead atoms. The van der Waals surface area contributed by atoms with Gasteiger partial charge in [-0.3, -0.25) is 9.36 Å². The largest absolute Gasteiger partial charge is 0.295 e. The van der Waals surface area contributed by atoms with Crippen molar-refractivity contribution in [3.8, 4) is 0 Å². The number of rotatable bonds is 2. The Balaban J connectivity index is 2.82. The van der Waals surface area contributed by atoms with Crippen molar-refractivity contribution in [2.24, 2.45) is 7.05 Å². The molecule has 0 aliphatic carbocycles. The van der Waals surface area contributed by atoms with E-state index >= 15 is 0 Å². The van der Waals surface area contributed by atoms with E-state index < -0.39 is 0 Å². The Hall–Kier alpha value is -1.36. The molecular weight excluding hydrogens is 222 g/mol. The molecule has 2 heterocycles. The highest BCUT2D eigenvalue weighted by molar-refractivity contribution is 7.98. The zero-order chi connectivity index (χ0) is 11.7. The normalized spacial score (nSPS) is 10.9. The molecule has 0 radical (unpaired) electrons. The van der Waals surface area contributed by atoms with Gasteiger partial charge < -0.3 is 0 Å². The molecule has 0 unspecified atom stereocenters. The van der Waals surface area contributed by atoms with E-state index in [0.717, 1.165) is 17.4 Å². The lowest BCUT2D eigenvalue weighted by molar-refractivity contribution is 0.839. The molecule has 0 saturated heterocycles. The van der Waals surface area contributed by atoms with Gasteiger partial charge in [0.2, 0.25) is 0 Å². The molecule has 0 N–H and O–H groups in total. The molecule has 4 nitrogen and oxygen atoms in total. The van der Waals surface area contributed by atoms with Crippen LogP contribution in [0.2, 0.25) is 0 Å². The van der Waals surface area contributed by atoms with Crippen LogP contribution in [0.3, 0.4) is 0 Å². The second-order valence-corrected chi connectivity index (χ2v) is 4.30. The maximum Gasteiger partial charge on any atom is 0.255 e. The molecular formula is C11H13N3OS. The number of hydrogen-bond donors (Lipinski definition) is 0. The summed E-state index contributed by atoms with van der Waals surface area (Å²) in [4.78, 5) is 20.5. The number of pyridine rings is 1. The second-order valence-electron chi connectivity index (χ2n) is 3.52. The minimum atomic E-state index is 0.0285. The van der Waals surface area contributed by atoms with E-state index in [4.69, 9.17) is 0 Å². The fourth-order valence-electron chi connectivity index (χ4n) is 1.65. The predicted octanol–water partition coefficient (Wildman–Crippen LogP) is 1.61. The van der Waals surface area contributed by atoms with E-state index in [1.807, 2.05) is 19.2 Å². The minimum Gasteiger partial charge on any atom is -0.295 e. The Morgan fingerprint density at radius 2 is 2.25 bits per heavy atom. The second kappa shape index (κ2) is 4.25. The summed E-state index contributed by atoms with van der Waals surface area (Å²) < 4.78 is 1.59. The van der Waals surface area contributed by atoms with Crippen LogP contribution in [0.4, 0.5) is 0 Å². The number of hydrogen-bond acceptors (Lipinski definition) is 4. The molecule has 5 heteroatoms. The maximum absolute atomic E-state index is 11.9. The molecule has 16 heavy (non-hydrogen) atoms. The van der Waals surface area contributed by atoms with Gasteiger partial charge in [0.15, 0.2) is 5.16 Å². The molecule has 2 aromatic rings. The van der Waals surface area contributed by atoms with Crippen molar-refractivity contribution < 1.29 is 0 Å². The summed E-state index contributed by atoms with van der Waals surface area (Å²) >= 11 is 1.47. The summed E-state index contributed by atoms with van der Waals surface area (Å²) in [5.74, 6) is 0. The van der Waals surface area contributed by atoms with Gasteiger partial charge in [-0.25, -0.2) is 9.97 Å². The van der Waals surface area contributed by atoms with Crippen LogP contribution in [-0.2, 0) is 13.5 Å². The lowest BCUT2D eigenvalue weighted by Gasteiger charge is -2.07. The number of thioether (sulfide) groups is 1. The first kappa shape index (κ1) is 11.1.